The van der Waals surface area contributed by atoms with E-state index in [0.29, 0.717) is 32.7 Å². The molecule has 0 atom stereocenters. The van der Waals surface area contributed by atoms with Crippen molar-refractivity contribution in [3.05, 3.63) is 58.7 Å². The highest BCUT2D eigenvalue weighted by Crippen LogP contribution is 2.22. The van der Waals surface area contributed by atoms with Crippen LogP contribution >= 0.6 is 0 Å². The Kier molecular flexibility index (Phi) is 6.84. The monoisotopic (exact) mass is 422 g/mol. The second-order valence-electron chi connectivity index (χ2n) is 7.03. The van der Waals surface area contributed by atoms with Gasteiger partial charge < -0.3 is 10.5 Å². The number of ether oxygens (including phenoxy) is 1. The van der Waals surface area contributed by atoms with Gasteiger partial charge in [-0.3, -0.25) is 4.68 Å². The van der Waals surface area contributed by atoms with E-state index in [9.17, 15) is 12.8 Å². The topological polar surface area (TPSA) is 90.5 Å². The number of rotatable bonds is 7. The molecule has 0 saturated carbocycles. The first kappa shape index (κ1) is 21.6. The van der Waals surface area contributed by atoms with Gasteiger partial charge in [0.2, 0.25) is 10.0 Å². The van der Waals surface area contributed by atoms with Crippen LogP contribution in [0, 0.1) is 13.8 Å². The third kappa shape index (κ3) is 4.92. The highest BCUT2D eigenvalue weighted by atomic mass is 32.2. The summed E-state index contributed by atoms with van der Waals surface area (Å²) < 4.78 is 47.6. The third-order valence-corrected chi connectivity index (χ3v) is 7.00. The summed E-state index contributed by atoms with van der Waals surface area (Å²) in [5.74, 6) is -0.317. The lowest BCUT2D eigenvalue weighted by Gasteiger charge is -2.26. The summed E-state index contributed by atoms with van der Waals surface area (Å²) in [5.41, 5.74) is 9.04. The minimum absolute atomic E-state index is 0.0562. The number of hydrogen-bond acceptors (Lipinski definition) is 5. The molecule has 0 unspecified atom stereocenters. The Morgan fingerprint density at radius 1 is 1.24 bits per heavy atom. The molecule has 1 fully saturated rings. The molecule has 9 heteroatoms. The van der Waals surface area contributed by atoms with Crippen molar-refractivity contribution >= 4 is 10.0 Å². The number of halogens is 1. The Labute approximate surface area is 171 Å². The summed E-state index contributed by atoms with van der Waals surface area (Å²) in [6.07, 6.45) is 1.93. The number of nitrogens with zero attached hydrogens (tertiary/aromatic N) is 3. The fraction of sp³-hybridized carbons (Fsp3) is 0.450. The molecule has 0 radical (unpaired) electrons. The molecule has 0 spiro atoms. The van der Waals surface area contributed by atoms with Gasteiger partial charge in [0.15, 0.2) is 0 Å². The van der Waals surface area contributed by atoms with Crippen molar-refractivity contribution < 1.29 is 17.5 Å². The van der Waals surface area contributed by atoms with E-state index in [1.54, 1.807) is 16.8 Å². The van der Waals surface area contributed by atoms with Gasteiger partial charge in [-0.1, -0.05) is 12.1 Å². The van der Waals surface area contributed by atoms with Crippen molar-refractivity contribution in [1.82, 2.24) is 14.1 Å². The Morgan fingerprint density at radius 3 is 2.52 bits per heavy atom. The molecule has 2 N–H and O–H groups in total. The summed E-state index contributed by atoms with van der Waals surface area (Å²) in [7, 11) is -3.50. The smallest absolute Gasteiger partial charge is 0.243 e. The molecule has 7 nitrogen and oxygen atoms in total. The second-order valence-corrected chi connectivity index (χ2v) is 8.97. The van der Waals surface area contributed by atoms with Crippen molar-refractivity contribution in [2.75, 3.05) is 32.8 Å². The molecule has 0 amide bonds. The van der Waals surface area contributed by atoms with E-state index in [-0.39, 0.29) is 23.8 Å². The van der Waals surface area contributed by atoms with Crippen molar-refractivity contribution in [1.29, 1.82) is 0 Å². The maximum absolute atomic E-state index is 13.8. The minimum atomic E-state index is -3.50. The van der Waals surface area contributed by atoms with E-state index >= 15 is 0 Å². The molecule has 1 aromatic carbocycles. The van der Waals surface area contributed by atoms with Crippen molar-refractivity contribution in [3.63, 3.8) is 0 Å². The number of sulfonamides is 1. The van der Waals surface area contributed by atoms with Crippen LogP contribution in [-0.2, 0) is 27.7 Å². The molecule has 1 aliphatic heterocycles. The Morgan fingerprint density at radius 2 is 1.90 bits per heavy atom. The molecule has 0 aliphatic carbocycles. The SMILES string of the molecule is Cc1nn(C/C(F)=C/CN)c(C)c1Cc1ccc(S(=O)(=O)N2CCOCC2)cc1. The summed E-state index contributed by atoms with van der Waals surface area (Å²) in [6, 6.07) is 6.91. The standard InChI is InChI=1S/C20H27FN4O3S/c1-15-20(16(2)25(23-15)14-18(21)7-8-22)13-17-3-5-19(6-4-17)29(26,27)24-9-11-28-12-10-24/h3-7H,8-14,22H2,1-2H3/b18-7-. The number of allylic oxidation sites excluding steroid dienone is 1. The predicted molar refractivity (Wildman–Crippen MR) is 109 cm³/mol. The van der Waals surface area contributed by atoms with Crippen LogP contribution in [0.2, 0.25) is 0 Å². The second kappa shape index (κ2) is 9.17. The molecule has 158 valence electrons. The van der Waals surface area contributed by atoms with E-state index in [4.69, 9.17) is 10.5 Å². The van der Waals surface area contributed by atoms with E-state index < -0.39 is 10.0 Å². The largest absolute Gasteiger partial charge is 0.379 e. The van der Waals surface area contributed by atoms with Crippen LogP contribution in [-0.4, -0.2) is 55.4 Å². The van der Waals surface area contributed by atoms with Crippen LogP contribution < -0.4 is 5.73 Å². The van der Waals surface area contributed by atoms with Crippen LogP contribution in [0.4, 0.5) is 4.39 Å². The maximum atomic E-state index is 13.8. The van der Waals surface area contributed by atoms with E-state index in [1.807, 2.05) is 26.0 Å². The van der Waals surface area contributed by atoms with Crippen LogP contribution in [0.5, 0.6) is 0 Å². The highest BCUT2D eigenvalue weighted by Gasteiger charge is 2.26. The zero-order chi connectivity index (χ0) is 21.0. The normalized spacial score (nSPS) is 16.3. The molecular weight excluding hydrogens is 395 g/mol. The van der Waals surface area contributed by atoms with Crippen LogP contribution in [0.25, 0.3) is 0 Å². The van der Waals surface area contributed by atoms with E-state index in [1.165, 1.54) is 10.4 Å². The lowest BCUT2D eigenvalue weighted by molar-refractivity contribution is 0.0730. The number of morpholine rings is 1. The van der Waals surface area contributed by atoms with Gasteiger partial charge in [-0.05, 0) is 37.6 Å². The minimum Gasteiger partial charge on any atom is -0.379 e. The first-order valence-corrected chi connectivity index (χ1v) is 11.0. The summed E-state index contributed by atoms with van der Waals surface area (Å²) >= 11 is 0. The first-order valence-electron chi connectivity index (χ1n) is 9.57. The van der Waals surface area contributed by atoms with Gasteiger partial charge in [-0.15, -0.1) is 0 Å². The summed E-state index contributed by atoms with van der Waals surface area (Å²) in [4.78, 5) is 0.279. The van der Waals surface area contributed by atoms with Crippen molar-refractivity contribution in [3.8, 4) is 0 Å². The molecule has 3 rings (SSSR count). The summed E-state index contributed by atoms with van der Waals surface area (Å²) in [5, 5.41) is 4.43. The Bertz CT molecular complexity index is 978. The average molecular weight is 423 g/mol. The number of aromatic nitrogens is 2. The first-order chi connectivity index (χ1) is 13.8. The molecule has 29 heavy (non-hydrogen) atoms. The van der Waals surface area contributed by atoms with Gasteiger partial charge in [0.25, 0.3) is 0 Å². The zero-order valence-corrected chi connectivity index (χ0v) is 17.6. The Hall–Kier alpha value is -2.07. The third-order valence-electron chi connectivity index (χ3n) is 5.08. The molecule has 2 aromatic rings. The predicted octanol–water partition coefficient (Wildman–Crippen LogP) is 1.92. The highest BCUT2D eigenvalue weighted by molar-refractivity contribution is 7.89. The molecule has 2 heterocycles. The van der Waals surface area contributed by atoms with Crippen LogP contribution in [0.1, 0.15) is 22.5 Å². The number of nitrogens with two attached hydrogens (primary N) is 1. The Balaban J connectivity index is 1.76. The maximum Gasteiger partial charge on any atom is 0.243 e. The fourth-order valence-corrected chi connectivity index (χ4v) is 4.81. The zero-order valence-electron chi connectivity index (χ0n) is 16.8. The van der Waals surface area contributed by atoms with Gasteiger partial charge >= 0.3 is 0 Å². The summed E-state index contributed by atoms with van der Waals surface area (Å²) in [6.45, 7) is 5.58. The van der Waals surface area contributed by atoms with Crippen molar-refractivity contribution in [2.24, 2.45) is 5.73 Å². The fourth-order valence-electron chi connectivity index (χ4n) is 3.40. The van der Waals surface area contributed by atoms with Gasteiger partial charge in [0, 0.05) is 37.3 Å². The van der Waals surface area contributed by atoms with E-state index in [2.05, 4.69) is 5.10 Å². The van der Waals surface area contributed by atoms with E-state index in [0.717, 1.165) is 22.5 Å². The van der Waals surface area contributed by atoms with Crippen molar-refractivity contribution in [2.45, 2.75) is 31.7 Å². The van der Waals surface area contributed by atoms with Gasteiger partial charge in [-0.2, -0.15) is 9.40 Å². The lowest BCUT2D eigenvalue weighted by Crippen LogP contribution is -2.40. The average Bonchev–Trinajstić information content (AvgIpc) is 2.96. The number of aryl methyl sites for hydroxylation is 1. The number of hydrogen-bond donors (Lipinski definition) is 1. The molecule has 0 bridgehead atoms. The quantitative estimate of drug-likeness (QED) is 0.736. The van der Waals surface area contributed by atoms with Gasteiger partial charge in [-0.25, -0.2) is 12.8 Å². The molecule has 1 saturated heterocycles. The molecule has 1 aliphatic rings. The van der Waals surface area contributed by atoms with Gasteiger partial charge in [0.05, 0.1) is 30.3 Å². The van der Waals surface area contributed by atoms with Crippen LogP contribution in [0.15, 0.2) is 41.1 Å². The lowest BCUT2D eigenvalue weighted by atomic mass is 10.0. The van der Waals surface area contributed by atoms with Crippen LogP contribution in [0.3, 0.4) is 0 Å². The van der Waals surface area contributed by atoms with Gasteiger partial charge in [0.1, 0.15) is 5.83 Å². The molecular formula is C20H27FN4O3S. The molecule has 1 aromatic heterocycles. The number of benzene rings is 1.